The molecule has 0 aliphatic heterocycles. The van der Waals surface area contributed by atoms with Gasteiger partial charge in [-0.25, -0.2) is 9.97 Å². The number of H-pyrrole nitrogens is 1. The average molecular weight is 487 g/mol. The predicted molar refractivity (Wildman–Crippen MR) is 128 cm³/mol. The molecule has 0 amide bonds. The molecule has 8 heteroatoms. The van der Waals surface area contributed by atoms with Crippen molar-refractivity contribution < 1.29 is 0 Å². The maximum atomic E-state index is 5.53. The van der Waals surface area contributed by atoms with Gasteiger partial charge in [-0.1, -0.05) is 46.3 Å². The van der Waals surface area contributed by atoms with E-state index in [1.165, 1.54) is 0 Å². The van der Waals surface area contributed by atoms with Crippen LogP contribution in [0.1, 0.15) is 5.82 Å². The van der Waals surface area contributed by atoms with Crippen LogP contribution in [-0.2, 0) is 6.54 Å². The zero-order valence-electron chi connectivity index (χ0n) is 16.2. The van der Waals surface area contributed by atoms with E-state index >= 15 is 0 Å². The molecule has 6 aromatic rings. The van der Waals surface area contributed by atoms with Crippen LogP contribution in [0.25, 0.3) is 38.8 Å². The van der Waals surface area contributed by atoms with Gasteiger partial charge in [0.15, 0.2) is 16.2 Å². The van der Waals surface area contributed by atoms with Crippen LogP contribution < -0.4 is 0 Å². The number of halogens is 1. The first kappa shape index (κ1) is 18.4. The Hall–Kier alpha value is -3.36. The van der Waals surface area contributed by atoms with Gasteiger partial charge in [-0.05, 0) is 54.7 Å². The first-order chi connectivity index (χ1) is 15.2. The van der Waals surface area contributed by atoms with E-state index in [9.17, 15) is 0 Å². The van der Waals surface area contributed by atoms with Gasteiger partial charge in [0.1, 0.15) is 5.52 Å². The largest absolute Gasteiger partial charge is 0.316 e. The molecule has 3 heterocycles. The van der Waals surface area contributed by atoms with Crippen molar-refractivity contribution in [2.75, 3.05) is 0 Å². The summed E-state index contributed by atoms with van der Waals surface area (Å²) in [4.78, 5) is 9.87. The molecule has 0 unspecified atom stereocenters. The second kappa shape index (κ2) is 7.11. The van der Waals surface area contributed by atoms with Crippen molar-refractivity contribution >= 4 is 61.2 Å². The Labute approximate surface area is 190 Å². The van der Waals surface area contributed by atoms with Crippen LogP contribution in [0.4, 0.5) is 0 Å². The number of aromatic amines is 1. The molecule has 6 nitrogen and oxygen atoms in total. The third kappa shape index (κ3) is 2.98. The van der Waals surface area contributed by atoms with Gasteiger partial charge in [0.2, 0.25) is 0 Å². The summed E-state index contributed by atoms with van der Waals surface area (Å²) in [6, 6.07) is 24.2. The van der Waals surface area contributed by atoms with Crippen molar-refractivity contribution in [3.63, 3.8) is 0 Å². The zero-order chi connectivity index (χ0) is 20.9. The Morgan fingerprint density at radius 3 is 2.39 bits per heavy atom. The summed E-state index contributed by atoms with van der Waals surface area (Å²) in [6.07, 6.45) is 0. The summed E-state index contributed by atoms with van der Waals surface area (Å²) in [5.74, 6) is 0.796. The highest BCUT2D eigenvalue weighted by molar-refractivity contribution is 9.10. The van der Waals surface area contributed by atoms with Gasteiger partial charge in [0.25, 0.3) is 0 Å². The number of hydrogen-bond donors (Lipinski definition) is 1. The molecule has 0 radical (unpaired) electrons. The van der Waals surface area contributed by atoms with E-state index in [1.807, 2.05) is 65.2 Å². The van der Waals surface area contributed by atoms with E-state index < -0.39 is 0 Å². The lowest BCUT2D eigenvalue weighted by molar-refractivity contribution is 0.760. The van der Waals surface area contributed by atoms with E-state index in [-0.39, 0.29) is 0 Å². The van der Waals surface area contributed by atoms with Crippen LogP contribution in [0.15, 0.2) is 77.3 Å². The quantitative estimate of drug-likeness (QED) is 0.321. The number of nitrogens with zero attached hydrogens (tertiary/aromatic N) is 5. The molecule has 0 bridgehead atoms. The van der Waals surface area contributed by atoms with E-state index in [1.54, 1.807) is 0 Å². The molecule has 0 saturated heterocycles. The molecule has 0 aliphatic rings. The van der Waals surface area contributed by atoms with Gasteiger partial charge in [0, 0.05) is 15.5 Å². The van der Waals surface area contributed by atoms with Crippen molar-refractivity contribution in [3.8, 4) is 5.69 Å². The molecule has 0 aliphatic carbocycles. The van der Waals surface area contributed by atoms with Gasteiger partial charge >= 0.3 is 0 Å². The molecule has 0 fully saturated rings. The number of hydrogen-bond acceptors (Lipinski definition) is 4. The summed E-state index contributed by atoms with van der Waals surface area (Å²) < 4.78 is 5.67. The number of para-hydroxylation sites is 3. The number of nitrogens with one attached hydrogen (secondary N) is 1. The fourth-order valence-corrected chi connectivity index (χ4v) is 4.50. The molecule has 6 rings (SSSR count). The summed E-state index contributed by atoms with van der Waals surface area (Å²) in [7, 11) is 0. The second-order valence-corrected chi connectivity index (χ2v) is 8.55. The molecule has 3 aromatic heterocycles. The molecule has 150 valence electrons. The summed E-state index contributed by atoms with van der Waals surface area (Å²) >= 11 is 9.02. The lowest BCUT2D eigenvalue weighted by atomic mass is 10.2. The number of fused-ring (bicyclic) bond motifs is 4. The van der Waals surface area contributed by atoms with Crippen molar-refractivity contribution in [1.29, 1.82) is 0 Å². The van der Waals surface area contributed by atoms with E-state index in [0.29, 0.717) is 11.3 Å². The Kier molecular flexibility index (Phi) is 4.22. The maximum absolute atomic E-state index is 5.53. The Bertz CT molecular complexity index is 1640. The highest BCUT2D eigenvalue weighted by atomic mass is 79.9. The van der Waals surface area contributed by atoms with Crippen molar-refractivity contribution in [2.24, 2.45) is 0 Å². The summed E-state index contributed by atoms with van der Waals surface area (Å²) in [5.41, 5.74) is 5.48. The Morgan fingerprint density at radius 1 is 0.871 bits per heavy atom. The van der Waals surface area contributed by atoms with Gasteiger partial charge < -0.3 is 4.57 Å². The third-order valence-electron chi connectivity index (χ3n) is 5.38. The van der Waals surface area contributed by atoms with Crippen LogP contribution >= 0.6 is 28.1 Å². The average Bonchev–Trinajstić information content (AvgIpc) is 3.31. The van der Waals surface area contributed by atoms with E-state index in [4.69, 9.17) is 22.2 Å². The van der Waals surface area contributed by atoms with Crippen LogP contribution in [-0.4, -0.2) is 29.3 Å². The van der Waals surface area contributed by atoms with Crippen LogP contribution in [0.5, 0.6) is 0 Å². The normalized spacial score (nSPS) is 11.6. The van der Waals surface area contributed by atoms with Gasteiger partial charge in [-0.3, -0.25) is 9.67 Å². The molecular formula is C23H15BrN6S. The molecule has 0 atom stereocenters. The zero-order valence-corrected chi connectivity index (χ0v) is 18.6. The van der Waals surface area contributed by atoms with E-state index in [0.717, 1.165) is 49.1 Å². The predicted octanol–water partition coefficient (Wildman–Crippen LogP) is 5.79. The highest BCUT2D eigenvalue weighted by Gasteiger charge is 2.17. The van der Waals surface area contributed by atoms with Crippen molar-refractivity contribution in [2.45, 2.75) is 6.54 Å². The lowest BCUT2D eigenvalue weighted by Gasteiger charge is -2.10. The van der Waals surface area contributed by atoms with Crippen LogP contribution in [0, 0.1) is 4.77 Å². The minimum absolute atomic E-state index is 0.500. The second-order valence-electron chi connectivity index (χ2n) is 7.24. The summed E-state index contributed by atoms with van der Waals surface area (Å²) in [6.45, 7) is 0.500. The van der Waals surface area contributed by atoms with Crippen LogP contribution in [0.3, 0.4) is 0 Å². The molecular weight excluding hydrogens is 472 g/mol. The van der Waals surface area contributed by atoms with E-state index in [2.05, 4.69) is 42.8 Å². The number of benzene rings is 3. The number of aromatic nitrogens is 6. The van der Waals surface area contributed by atoms with Crippen molar-refractivity contribution in [1.82, 2.24) is 29.3 Å². The van der Waals surface area contributed by atoms with Gasteiger partial charge in [0.05, 0.1) is 23.1 Å². The van der Waals surface area contributed by atoms with Crippen molar-refractivity contribution in [3.05, 3.63) is 87.9 Å². The molecule has 31 heavy (non-hydrogen) atoms. The lowest BCUT2D eigenvalue weighted by Crippen LogP contribution is -2.08. The van der Waals surface area contributed by atoms with Gasteiger partial charge in [-0.2, -0.15) is 5.10 Å². The monoisotopic (exact) mass is 486 g/mol. The number of rotatable bonds is 3. The Balaban J connectivity index is 1.60. The Morgan fingerprint density at radius 2 is 1.58 bits per heavy atom. The smallest absolute Gasteiger partial charge is 0.199 e. The topological polar surface area (TPSA) is 64.3 Å². The fourth-order valence-electron chi connectivity index (χ4n) is 3.98. The van der Waals surface area contributed by atoms with Gasteiger partial charge in [-0.15, -0.1) is 0 Å². The standard InChI is InChI=1S/C23H15BrN6S/c24-14-9-11-15(12-10-14)30-20(27-28-23(30)31)13-29-19-8-4-1-5-16(19)21-22(29)26-18-7-3-2-6-17(18)25-21/h1-12H,13H2,(H,28,31). The minimum atomic E-state index is 0.500. The first-order valence-electron chi connectivity index (χ1n) is 9.75. The minimum Gasteiger partial charge on any atom is -0.316 e. The molecule has 0 saturated carbocycles. The molecule has 0 spiro atoms. The third-order valence-corrected chi connectivity index (χ3v) is 6.19. The fraction of sp³-hybridized carbons (Fsp3) is 0.0435. The molecule has 1 N–H and O–H groups in total. The molecule has 3 aromatic carbocycles. The summed E-state index contributed by atoms with van der Waals surface area (Å²) in [5, 5.41) is 8.54. The van der Waals surface area contributed by atoms with Crippen LogP contribution in [0.2, 0.25) is 0 Å². The first-order valence-corrected chi connectivity index (χ1v) is 10.9. The SMILES string of the molecule is S=c1[nH]nc(Cn2c3ccccc3c3nc4ccccc4nc32)n1-c1ccc(Br)cc1. The maximum Gasteiger partial charge on any atom is 0.199 e. The highest BCUT2D eigenvalue weighted by Crippen LogP contribution is 2.29.